The molecule has 2 nitrogen and oxygen atoms in total. The molecule has 0 bridgehead atoms. The Balaban J connectivity index is 2.16. The predicted octanol–water partition coefficient (Wildman–Crippen LogP) is 4.86. The molecule has 3 aromatic rings. The number of nitrogens with zero attached hydrogens (tertiary/aromatic N) is 1. The summed E-state index contributed by atoms with van der Waals surface area (Å²) in [6, 6.07) is 16.7. The van der Waals surface area contributed by atoms with Gasteiger partial charge in [0.1, 0.15) is 5.15 Å². The van der Waals surface area contributed by atoms with Gasteiger partial charge in [-0.1, -0.05) is 47.5 Å². The topological polar surface area (TPSA) is 39.6 Å². The van der Waals surface area contributed by atoms with Crippen molar-refractivity contribution in [1.29, 1.82) is 5.26 Å². The van der Waals surface area contributed by atoms with E-state index in [2.05, 4.69) is 54.4 Å². The Hall–Kier alpha value is -2.24. The minimum absolute atomic E-state index is 0.316. The van der Waals surface area contributed by atoms with E-state index in [1.165, 1.54) is 5.56 Å². The average Bonchev–Trinajstić information content (AvgIpc) is 2.76. The van der Waals surface area contributed by atoms with Crippen molar-refractivity contribution >= 4 is 22.5 Å². The SMILES string of the molecule is Cc1ccc(-c2ccc3[nH]c(Cl)c(CC#N)c3c2)cc1. The summed E-state index contributed by atoms with van der Waals surface area (Å²) >= 11 is 6.16. The number of benzene rings is 2. The van der Waals surface area contributed by atoms with Gasteiger partial charge in [0.15, 0.2) is 0 Å². The molecular weight excluding hydrogens is 268 g/mol. The lowest BCUT2D eigenvalue weighted by Crippen LogP contribution is -1.82. The minimum atomic E-state index is 0.316. The number of halogens is 1. The number of hydrogen-bond acceptors (Lipinski definition) is 1. The Bertz CT molecular complexity index is 807. The zero-order valence-corrected chi connectivity index (χ0v) is 11.8. The van der Waals surface area contributed by atoms with Crippen LogP contribution in [0.5, 0.6) is 0 Å². The van der Waals surface area contributed by atoms with Crippen molar-refractivity contribution in [2.75, 3.05) is 0 Å². The first-order valence-corrected chi connectivity index (χ1v) is 6.81. The van der Waals surface area contributed by atoms with Gasteiger partial charge in [0.05, 0.1) is 12.5 Å². The van der Waals surface area contributed by atoms with Crippen LogP contribution in [-0.4, -0.2) is 4.98 Å². The second-order valence-corrected chi connectivity index (χ2v) is 5.26. The fraction of sp³-hybridized carbons (Fsp3) is 0.118. The summed E-state index contributed by atoms with van der Waals surface area (Å²) in [5, 5.41) is 10.5. The van der Waals surface area contributed by atoms with Crippen LogP contribution in [-0.2, 0) is 6.42 Å². The first-order chi connectivity index (χ1) is 9.69. The predicted molar refractivity (Wildman–Crippen MR) is 82.8 cm³/mol. The van der Waals surface area contributed by atoms with Gasteiger partial charge >= 0.3 is 0 Å². The van der Waals surface area contributed by atoms with Crippen LogP contribution in [0.4, 0.5) is 0 Å². The van der Waals surface area contributed by atoms with Crippen molar-refractivity contribution in [3.05, 3.63) is 58.7 Å². The molecule has 0 aliphatic rings. The van der Waals surface area contributed by atoms with Crippen LogP contribution in [0.2, 0.25) is 5.15 Å². The van der Waals surface area contributed by atoms with Crippen LogP contribution in [0.1, 0.15) is 11.1 Å². The fourth-order valence-corrected chi connectivity index (χ4v) is 2.66. The van der Waals surface area contributed by atoms with Crippen LogP contribution < -0.4 is 0 Å². The summed E-state index contributed by atoms with van der Waals surface area (Å²) in [6.07, 6.45) is 0.316. The average molecular weight is 281 g/mol. The molecule has 0 radical (unpaired) electrons. The second-order valence-electron chi connectivity index (χ2n) is 4.88. The quantitative estimate of drug-likeness (QED) is 0.715. The van der Waals surface area contributed by atoms with Gasteiger partial charge in [-0.3, -0.25) is 0 Å². The van der Waals surface area contributed by atoms with Crippen molar-refractivity contribution in [2.45, 2.75) is 13.3 Å². The van der Waals surface area contributed by atoms with E-state index >= 15 is 0 Å². The maximum atomic E-state index is 8.92. The monoisotopic (exact) mass is 280 g/mol. The van der Waals surface area contributed by atoms with E-state index < -0.39 is 0 Å². The summed E-state index contributed by atoms with van der Waals surface area (Å²) in [5.41, 5.74) is 5.38. The molecule has 0 fully saturated rings. The van der Waals surface area contributed by atoms with Gasteiger partial charge in [-0.15, -0.1) is 0 Å². The van der Waals surface area contributed by atoms with Gasteiger partial charge in [0.2, 0.25) is 0 Å². The lowest BCUT2D eigenvalue weighted by molar-refractivity contribution is 1.27. The van der Waals surface area contributed by atoms with Gasteiger partial charge in [-0.2, -0.15) is 5.26 Å². The second kappa shape index (κ2) is 5.03. The van der Waals surface area contributed by atoms with Gasteiger partial charge in [-0.05, 0) is 30.2 Å². The van der Waals surface area contributed by atoms with Crippen molar-refractivity contribution < 1.29 is 0 Å². The Morgan fingerprint density at radius 2 is 1.80 bits per heavy atom. The summed E-state index contributed by atoms with van der Waals surface area (Å²) in [4.78, 5) is 3.11. The Labute approximate surface area is 122 Å². The molecule has 3 rings (SSSR count). The highest BCUT2D eigenvalue weighted by molar-refractivity contribution is 6.31. The van der Waals surface area contributed by atoms with Crippen LogP contribution in [0, 0.1) is 18.3 Å². The molecule has 2 aromatic carbocycles. The van der Waals surface area contributed by atoms with E-state index in [0.29, 0.717) is 11.6 Å². The minimum Gasteiger partial charge on any atom is -0.345 e. The molecule has 1 heterocycles. The number of aromatic nitrogens is 1. The molecule has 1 aromatic heterocycles. The highest BCUT2D eigenvalue weighted by Crippen LogP contribution is 2.30. The number of hydrogen-bond donors (Lipinski definition) is 1. The standard InChI is InChI=1S/C17H13ClN2/c1-11-2-4-12(5-3-11)13-6-7-16-15(10-13)14(8-9-19)17(18)20-16/h2-7,10,20H,8H2,1H3. The van der Waals surface area contributed by atoms with Crippen LogP contribution in [0.15, 0.2) is 42.5 Å². The third kappa shape index (κ3) is 2.17. The van der Waals surface area contributed by atoms with Crippen molar-refractivity contribution in [3.63, 3.8) is 0 Å². The molecule has 0 amide bonds. The normalized spacial score (nSPS) is 10.7. The summed E-state index contributed by atoms with van der Waals surface area (Å²) in [6.45, 7) is 2.07. The summed E-state index contributed by atoms with van der Waals surface area (Å²) < 4.78 is 0. The van der Waals surface area contributed by atoms with Crippen molar-refractivity contribution in [3.8, 4) is 17.2 Å². The Morgan fingerprint density at radius 3 is 2.50 bits per heavy atom. The summed E-state index contributed by atoms with van der Waals surface area (Å²) in [7, 11) is 0. The molecule has 0 spiro atoms. The Morgan fingerprint density at radius 1 is 1.10 bits per heavy atom. The number of nitrogens with one attached hydrogen (secondary N) is 1. The van der Waals surface area contributed by atoms with Crippen molar-refractivity contribution in [2.24, 2.45) is 0 Å². The molecular formula is C17H13ClN2. The third-order valence-electron chi connectivity index (χ3n) is 3.49. The van der Waals surface area contributed by atoms with Gasteiger partial charge in [0.25, 0.3) is 0 Å². The largest absolute Gasteiger partial charge is 0.345 e. The molecule has 0 saturated carbocycles. The van der Waals surface area contributed by atoms with Crippen LogP contribution in [0.25, 0.3) is 22.0 Å². The zero-order chi connectivity index (χ0) is 14.1. The number of rotatable bonds is 2. The van der Waals surface area contributed by atoms with E-state index in [9.17, 15) is 0 Å². The van der Waals surface area contributed by atoms with Crippen LogP contribution in [0.3, 0.4) is 0 Å². The smallest absolute Gasteiger partial charge is 0.111 e. The van der Waals surface area contributed by atoms with Gasteiger partial charge in [-0.25, -0.2) is 0 Å². The van der Waals surface area contributed by atoms with E-state index in [1.807, 2.05) is 6.07 Å². The number of aryl methyl sites for hydroxylation is 1. The first kappa shape index (κ1) is 12.8. The highest BCUT2D eigenvalue weighted by atomic mass is 35.5. The highest BCUT2D eigenvalue weighted by Gasteiger charge is 2.10. The number of nitriles is 1. The zero-order valence-electron chi connectivity index (χ0n) is 11.1. The van der Waals surface area contributed by atoms with E-state index in [-0.39, 0.29) is 0 Å². The molecule has 0 unspecified atom stereocenters. The summed E-state index contributed by atoms with van der Waals surface area (Å²) in [5.74, 6) is 0. The molecule has 0 atom stereocenters. The Kier molecular flexibility index (Phi) is 3.22. The molecule has 0 aliphatic carbocycles. The van der Waals surface area contributed by atoms with E-state index in [0.717, 1.165) is 27.6 Å². The fourth-order valence-electron chi connectivity index (χ4n) is 2.39. The number of aromatic amines is 1. The molecule has 3 heteroatoms. The lowest BCUT2D eigenvalue weighted by atomic mass is 10.0. The van der Waals surface area contributed by atoms with Gasteiger partial charge < -0.3 is 4.98 Å². The van der Waals surface area contributed by atoms with E-state index in [4.69, 9.17) is 16.9 Å². The lowest BCUT2D eigenvalue weighted by Gasteiger charge is -2.03. The van der Waals surface area contributed by atoms with Gasteiger partial charge in [0, 0.05) is 16.5 Å². The molecule has 20 heavy (non-hydrogen) atoms. The third-order valence-corrected chi connectivity index (χ3v) is 3.82. The van der Waals surface area contributed by atoms with Crippen LogP contribution >= 0.6 is 11.6 Å². The number of fused-ring (bicyclic) bond motifs is 1. The van der Waals surface area contributed by atoms with E-state index in [1.54, 1.807) is 0 Å². The molecule has 1 N–H and O–H groups in total. The molecule has 98 valence electrons. The number of H-pyrrole nitrogens is 1. The molecule has 0 aliphatic heterocycles. The first-order valence-electron chi connectivity index (χ1n) is 6.43. The van der Waals surface area contributed by atoms with Crippen molar-refractivity contribution in [1.82, 2.24) is 4.98 Å². The maximum Gasteiger partial charge on any atom is 0.111 e. The maximum absolute atomic E-state index is 8.92. The molecule has 0 saturated heterocycles.